The number of aryl methyl sites for hydroxylation is 1. The zero-order valence-electron chi connectivity index (χ0n) is 22.4. The average molecular weight is 525 g/mol. The van der Waals surface area contributed by atoms with Gasteiger partial charge < -0.3 is 14.5 Å². The monoisotopic (exact) mass is 524 g/mol. The third-order valence-corrected chi connectivity index (χ3v) is 6.59. The normalized spacial score (nSPS) is 11.3. The SMILES string of the molecule is CCOc1ccc2[nH]c(=O)c(CN(Cc3ccc(C)cc3)Cc3nnnn3Cc3ccc(OC)cc3)cc2c1. The van der Waals surface area contributed by atoms with E-state index in [1.54, 1.807) is 11.8 Å². The Kier molecular flexibility index (Phi) is 7.98. The highest BCUT2D eigenvalue weighted by molar-refractivity contribution is 5.80. The summed E-state index contributed by atoms with van der Waals surface area (Å²) < 4.78 is 12.7. The summed E-state index contributed by atoms with van der Waals surface area (Å²) in [7, 11) is 1.65. The van der Waals surface area contributed by atoms with Crippen molar-refractivity contribution in [3.8, 4) is 11.5 Å². The lowest BCUT2D eigenvalue weighted by Gasteiger charge is -2.22. The van der Waals surface area contributed by atoms with Crippen LogP contribution in [0.3, 0.4) is 0 Å². The molecule has 9 heteroatoms. The molecule has 0 amide bonds. The highest BCUT2D eigenvalue weighted by Crippen LogP contribution is 2.21. The molecule has 0 radical (unpaired) electrons. The molecule has 1 N–H and O–H groups in total. The summed E-state index contributed by atoms with van der Waals surface area (Å²) >= 11 is 0. The van der Waals surface area contributed by atoms with Crippen LogP contribution in [-0.2, 0) is 26.2 Å². The molecule has 0 saturated carbocycles. The molecule has 5 aromatic rings. The molecule has 0 fully saturated rings. The van der Waals surface area contributed by atoms with Crippen molar-refractivity contribution >= 4 is 10.9 Å². The summed E-state index contributed by atoms with van der Waals surface area (Å²) in [5.74, 6) is 2.29. The fourth-order valence-electron chi connectivity index (χ4n) is 4.53. The Balaban J connectivity index is 1.42. The molecule has 9 nitrogen and oxygen atoms in total. The van der Waals surface area contributed by atoms with Crippen LogP contribution >= 0.6 is 0 Å². The van der Waals surface area contributed by atoms with Gasteiger partial charge in [0.1, 0.15) is 11.5 Å². The number of H-pyrrole nitrogens is 1. The van der Waals surface area contributed by atoms with E-state index in [2.05, 4.69) is 56.6 Å². The fourth-order valence-corrected chi connectivity index (χ4v) is 4.53. The molecule has 0 unspecified atom stereocenters. The Morgan fingerprint density at radius 2 is 1.64 bits per heavy atom. The third kappa shape index (κ3) is 6.50. The quantitative estimate of drug-likeness (QED) is 0.272. The van der Waals surface area contributed by atoms with E-state index in [1.165, 1.54) is 5.56 Å². The zero-order chi connectivity index (χ0) is 27.2. The minimum Gasteiger partial charge on any atom is -0.497 e. The standard InChI is InChI=1S/C30H32N6O3/c1-4-39-27-13-14-28-24(16-27)15-25(30(37)31-28)19-35(17-22-7-5-21(2)6-8-22)20-29-32-33-34-36(29)18-23-9-11-26(38-3)12-10-23/h5-16H,4,17-20H2,1-3H3,(H,31,37). The fraction of sp³-hybridized carbons (Fsp3) is 0.267. The van der Waals surface area contributed by atoms with Crippen LogP contribution in [-0.4, -0.2) is 43.8 Å². The second kappa shape index (κ2) is 11.9. The number of nitrogens with one attached hydrogen (secondary N) is 1. The van der Waals surface area contributed by atoms with Crippen molar-refractivity contribution in [1.29, 1.82) is 0 Å². The Labute approximate surface area is 227 Å². The topological polar surface area (TPSA) is 98.2 Å². The number of methoxy groups -OCH3 is 1. The molecule has 0 atom stereocenters. The highest BCUT2D eigenvalue weighted by Gasteiger charge is 2.16. The first kappa shape index (κ1) is 26.1. The molecular weight excluding hydrogens is 492 g/mol. The van der Waals surface area contributed by atoms with E-state index in [0.29, 0.717) is 44.2 Å². The van der Waals surface area contributed by atoms with Crippen molar-refractivity contribution < 1.29 is 9.47 Å². The lowest BCUT2D eigenvalue weighted by Crippen LogP contribution is -2.28. The summed E-state index contributed by atoms with van der Waals surface area (Å²) in [5.41, 5.74) is 4.73. The van der Waals surface area contributed by atoms with Gasteiger partial charge in [-0.05, 0) is 71.8 Å². The minimum absolute atomic E-state index is 0.113. The number of ether oxygens (including phenoxy) is 2. The molecule has 3 aromatic carbocycles. The van der Waals surface area contributed by atoms with Gasteiger partial charge in [-0.15, -0.1) is 5.10 Å². The Hall–Kier alpha value is -4.50. The number of hydrogen-bond acceptors (Lipinski definition) is 7. The van der Waals surface area contributed by atoms with Gasteiger partial charge in [-0.25, -0.2) is 4.68 Å². The number of aromatic nitrogens is 5. The highest BCUT2D eigenvalue weighted by atomic mass is 16.5. The van der Waals surface area contributed by atoms with Crippen LogP contribution in [0.2, 0.25) is 0 Å². The Morgan fingerprint density at radius 1 is 0.897 bits per heavy atom. The van der Waals surface area contributed by atoms with E-state index >= 15 is 0 Å². The summed E-state index contributed by atoms with van der Waals surface area (Å²) in [6.07, 6.45) is 0. The van der Waals surface area contributed by atoms with E-state index in [4.69, 9.17) is 9.47 Å². The molecule has 0 spiro atoms. The first-order valence-electron chi connectivity index (χ1n) is 13.0. The van der Waals surface area contributed by atoms with Crippen LogP contribution in [0.25, 0.3) is 10.9 Å². The molecule has 200 valence electrons. The maximum Gasteiger partial charge on any atom is 0.252 e. The van der Waals surface area contributed by atoms with Gasteiger partial charge >= 0.3 is 0 Å². The van der Waals surface area contributed by atoms with Crippen molar-refractivity contribution in [3.63, 3.8) is 0 Å². The molecule has 0 aliphatic heterocycles. The number of aromatic amines is 1. The predicted molar refractivity (Wildman–Crippen MR) is 150 cm³/mol. The number of rotatable bonds is 11. The van der Waals surface area contributed by atoms with Gasteiger partial charge in [0.05, 0.1) is 26.8 Å². The number of tetrazole rings is 1. The van der Waals surface area contributed by atoms with Gasteiger partial charge in [0.2, 0.25) is 0 Å². The van der Waals surface area contributed by atoms with E-state index < -0.39 is 0 Å². The van der Waals surface area contributed by atoms with Crippen LogP contribution in [0.5, 0.6) is 11.5 Å². The smallest absolute Gasteiger partial charge is 0.252 e. The Bertz CT molecular complexity index is 1590. The number of benzene rings is 3. The van der Waals surface area contributed by atoms with Crippen LogP contribution in [0.4, 0.5) is 0 Å². The van der Waals surface area contributed by atoms with Crippen LogP contribution in [0.15, 0.2) is 77.6 Å². The molecule has 0 aliphatic carbocycles. The molecule has 0 aliphatic rings. The summed E-state index contributed by atoms with van der Waals surface area (Å²) in [6.45, 7) is 6.65. The van der Waals surface area contributed by atoms with Gasteiger partial charge in [0.25, 0.3) is 5.56 Å². The average Bonchev–Trinajstić information content (AvgIpc) is 3.37. The van der Waals surface area contributed by atoms with Gasteiger partial charge in [0, 0.05) is 29.6 Å². The molecule has 0 saturated heterocycles. The first-order valence-corrected chi connectivity index (χ1v) is 13.0. The largest absolute Gasteiger partial charge is 0.497 e. The van der Waals surface area contributed by atoms with Gasteiger partial charge in [-0.3, -0.25) is 9.69 Å². The predicted octanol–water partition coefficient (Wildman–Crippen LogP) is 4.48. The lowest BCUT2D eigenvalue weighted by atomic mass is 10.1. The van der Waals surface area contributed by atoms with Crippen molar-refractivity contribution in [1.82, 2.24) is 30.1 Å². The lowest BCUT2D eigenvalue weighted by molar-refractivity contribution is 0.236. The second-order valence-corrected chi connectivity index (χ2v) is 9.54. The molecular formula is C30H32N6O3. The van der Waals surface area contributed by atoms with Crippen LogP contribution in [0, 0.1) is 6.92 Å². The molecule has 5 rings (SSSR count). The van der Waals surface area contributed by atoms with Crippen molar-refractivity contribution in [2.75, 3.05) is 13.7 Å². The van der Waals surface area contributed by atoms with Crippen LogP contribution in [0.1, 0.15) is 35.0 Å². The molecule has 2 aromatic heterocycles. The first-order chi connectivity index (χ1) is 19.0. The number of hydrogen-bond donors (Lipinski definition) is 1. The summed E-state index contributed by atoms with van der Waals surface area (Å²) in [6, 6.07) is 23.9. The zero-order valence-corrected chi connectivity index (χ0v) is 22.4. The molecule has 2 heterocycles. The third-order valence-electron chi connectivity index (χ3n) is 6.59. The molecule has 39 heavy (non-hydrogen) atoms. The van der Waals surface area contributed by atoms with Gasteiger partial charge in [0.15, 0.2) is 5.82 Å². The number of pyridine rings is 1. The van der Waals surface area contributed by atoms with E-state index in [9.17, 15) is 4.79 Å². The van der Waals surface area contributed by atoms with Gasteiger partial charge in [-0.2, -0.15) is 0 Å². The molecule has 0 bridgehead atoms. The Morgan fingerprint density at radius 3 is 2.38 bits per heavy atom. The maximum absolute atomic E-state index is 13.1. The summed E-state index contributed by atoms with van der Waals surface area (Å²) in [5, 5.41) is 13.4. The van der Waals surface area contributed by atoms with Gasteiger partial charge in [-0.1, -0.05) is 42.0 Å². The van der Waals surface area contributed by atoms with Crippen molar-refractivity contribution in [2.24, 2.45) is 0 Å². The van der Waals surface area contributed by atoms with E-state index in [0.717, 1.165) is 33.5 Å². The van der Waals surface area contributed by atoms with E-state index in [1.807, 2.05) is 55.5 Å². The van der Waals surface area contributed by atoms with Crippen LogP contribution < -0.4 is 15.0 Å². The van der Waals surface area contributed by atoms with E-state index in [-0.39, 0.29) is 5.56 Å². The van der Waals surface area contributed by atoms with Crippen molar-refractivity contribution in [3.05, 3.63) is 111 Å². The van der Waals surface area contributed by atoms with Crippen molar-refractivity contribution in [2.45, 2.75) is 40.0 Å². The minimum atomic E-state index is -0.113. The second-order valence-electron chi connectivity index (χ2n) is 9.54. The summed E-state index contributed by atoms with van der Waals surface area (Å²) in [4.78, 5) is 18.3. The maximum atomic E-state index is 13.1. The number of nitrogens with zero attached hydrogens (tertiary/aromatic N) is 5. The number of fused-ring (bicyclic) bond motifs is 1.